The van der Waals surface area contributed by atoms with Crippen molar-refractivity contribution in [2.45, 2.75) is 18.4 Å². The van der Waals surface area contributed by atoms with Crippen molar-refractivity contribution in [3.8, 4) is 0 Å². The van der Waals surface area contributed by atoms with Crippen LogP contribution in [0.2, 0.25) is 5.02 Å². The summed E-state index contributed by atoms with van der Waals surface area (Å²) in [4.78, 5) is 0.0255. The van der Waals surface area contributed by atoms with E-state index in [1.165, 1.54) is 12.1 Å². The van der Waals surface area contributed by atoms with E-state index in [0.717, 1.165) is 0 Å². The van der Waals surface area contributed by atoms with E-state index in [9.17, 15) is 8.42 Å². The molecule has 0 saturated carbocycles. The van der Waals surface area contributed by atoms with Crippen LogP contribution in [-0.2, 0) is 16.6 Å². The molecule has 2 rings (SSSR count). The monoisotopic (exact) mass is 364 g/mol. The second-order valence-corrected chi connectivity index (χ2v) is 6.89. The Morgan fingerprint density at radius 1 is 1.42 bits per heavy atom. The average molecular weight is 366 g/mol. The van der Waals surface area contributed by atoms with E-state index in [1.807, 2.05) is 0 Å². The molecule has 0 saturated heterocycles. The van der Waals surface area contributed by atoms with Gasteiger partial charge in [-0.05, 0) is 25.1 Å². The molecule has 1 aromatic carbocycles. The highest BCUT2D eigenvalue weighted by Gasteiger charge is 2.18. The minimum atomic E-state index is -3.68. The van der Waals surface area contributed by atoms with E-state index in [4.69, 9.17) is 16.1 Å². The molecule has 19 heavy (non-hydrogen) atoms. The lowest BCUT2D eigenvalue weighted by Gasteiger charge is -2.07. The quantitative estimate of drug-likeness (QED) is 0.904. The van der Waals surface area contributed by atoms with Gasteiger partial charge in [0.1, 0.15) is 10.7 Å². The van der Waals surface area contributed by atoms with Crippen LogP contribution in [0.3, 0.4) is 0 Å². The van der Waals surface area contributed by atoms with Crippen molar-refractivity contribution >= 4 is 37.6 Å². The van der Waals surface area contributed by atoms with E-state index in [-0.39, 0.29) is 16.5 Å². The molecule has 0 radical (unpaired) electrons. The molecule has 0 aliphatic carbocycles. The summed E-state index contributed by atoms with van der Waals surface area (Å²) in [6.45, 7) is 1.78. The summed E-state index contributed by atoms with van der Waals surface area (Å²) in [5.74, 6) is 0.621. The summed E-state index contributed by atoms with van der Waals surface area (Å²) in [6, 6.07) is 6.23. The molecule has 8 heteroatoms. The van der Waals surface area contributed by atoms with E-state index in [0.29, 0.717) is 15.9 Å². The van der Waals surface area contributed by atoms with Crippen LogP contribution in [0.15, 0.2) is 38.2 Å². The van der Waals surface area contributed by atoms with Crippen LogP contribution in [0, 0.1) is 6.92 Å². The molecule has 0 fully saturated rings. The molecule has 0 aliphatic rings. The minimum Gasteiger partial charge on any atom is -0.361 e. The largest absolute Gasteiger partial charge is 0.361 e. The van der Waals surface area contributed by atoms with Gasteiger partial charge in [0.15, 0.2) is 0 Å². The van der Waals surface area contributed by atoms with Crippen LogP contribution in [0.1, 0.15) is 11.5 Å². The smallest absolute Gasteiger partial charge is 0.242 e. The van der Waals surface area contributed by atoms with Gasteiger partial charge in [-0.2, -0.15) is 0 Å². The lowest BCUT2D eigenvalue weighted by atomic mass is 10.4. The van der Waals surface area contributed by atoms with Gasteiger partial charge in [-0.15, -0.1) is 0 Å². The zero-order valence-corrected chi connectivity index (χ0v) is 13.0. The highest BCUT2D eigenvalue weighted by Crippen LogP contribution is 2.25. The predicted molar refractivity (Wildman–Crippen MR) is 74.4 cm³/mol. The number of hydrogen-bond donors (Lipinski definition) is 1. The van der Waals surface area contributed by atoms with Crippen LogP contribution in [0.25, 0.3) is 0 Å². The van der Waals surface area contributed by atoms with Crippen molar-refractivity contribution in [1.82, 2.24) is 9.88 Å². The number of sulfonamides is 1. The average Bonchev–Trinajstić information content (AvgIpc) is 2.72. The first-order chi connectivity index (χ1) is 8.88. The maximum Gasteiger partial charge on any atom is 0.242 e. The molecule has 0 aliphatic heterocycles. The highest BCUT2D eigenvalue weighted by atomic mass is 79.9. The zero-order chi connectivity index (χ0) is 14.0. The molecule has 0 atom stereocenters. The first-order valence-corrected chi connectivity index (χ1v) is 7.91. The van der Waals surface area contributed by atoms with Crippen LogP contribution < -0.4 is 4.72 Å². The Balaban J connectivity index is 2.18. The van der Waals surface area contributed by atoms with Crippen molar-refractivity contribution in [3.63, 3.8) is 0 Å². The fraction of sp³-hybridized carbons (Fsp3) is 0.182. The predicted octanol–water partition coefficient (Wildman–Crippen LogP) is 2.88. The molecule has 0 unspecified atom stereocenters. The van der Waals surface area contributed by atoms with Crippen LogP contribution in [-0.4, -0.2) is 13.6 Å². The number of aryl methyl sites for hydroxylation is 1. The molecule has 1 aromatic heterocycles. The Morgan fingerprint density at radius 2 is 2.16 bits per heavy atom. The van der Waals surface area contributed by atoms with Crippen molar-refractivity contribution in [1.29, 1.82) is 0 Å². The number of hydrogen-bond acceptors (Lipinski definition) is 4. The van der Waals surface area contributed by atoms with E-state index in [2.05, 4.69) is 25.8 Å². The normalized spacial score (nSPS) is 11.7. The number of nitrogens with one attached hydrogen (secondary N) is 1. The first kappa shape index (κ1) is 14.5. The van der Waals surface area contributed by atoms with Crippen LogP contribution in [0.5, 0.6) is 0 Å². The third-order valence-corrected chi connectivity index (χ3v) is 4.68. The molecule has 1 heterocycles. The standard InChI is InChI=1S/C11H10BrClN2O3S/c1-7-4-9(15-18-7)6-14-19(16,17)11-3-2-8(12)5-10(11)13/h2-5,14H,6H2,1H3. The summed E-state index contributed by atoms with van der Waals surface area (Å²) >= 11 is 9.14. The highest BCUT2D eigenvalue weighted by molar-refractivity contribution is 9.10. The van der Waals surface area contributed by atoms with E-state index >= 15 is 0 Å². The van der Waals surface area contributed by atoms with Crippen LogP contribution in [0.4, 0.5) is 0 Å². The summed E-state index contributed by atoms with van der Waals surface area (Å²) in [7, 11) is -3.68. The van der Waals surface area contributed by atoms with Crippen molar-refractivity contribution in [2.24, 2.45) is 0 Å². The third kappa shape index (κ3) is 3.56. The summed E-state index contributed by atoms with van der Waals surface area (Å²) in [6.07, 6.45) is 0. The van der Waals surface area contributed by atoms with Gasteiger partial charge in [0.25, 0.3) is 0 Å². The fourth-order valence-corrected chi connectivity index (χ4v) is 3.48. The minimum absolute atomic E-state index is 0.0255. The summed E-state index contributed by atoms with van der Waals surface area (Å²) in [5, 5.41) is 3.86. The van der Waals surface area contributed by atoms with Gasteiger partial charge in [-0.1, -0.05) is 32.7 Å². The maximum atomic E-state index is 12.1. The van der Waals surface area contributed by atoms with Gasteiger partial charge >= 0.3 is 0 Å². The molecule has 5 nitrogen and oxygen atoms in total. The third-order valence-electron chi connectivity index (χ3n) is 2.30. The molecular weight excluding hydrogens is 356 g/mol. The number of benzene rings is 1. The number of nitrogens with zero attached hydrogens (tertiary/aromatic N) is 1. The van der Waals surface area contributed by atoms with Crippen LogP contribution >= 0.6 is 27.5 Å². The molecule has 102 valence electrons. The Bertz CT molecular complexity index is 700. The van der Waals surface area contributed by atoms with Gasteiger partial charge in [-0.3, -0.25) is 0 Å². The summed E-state index contributed by atoms with van der Waals surface area (Å²) in [5.41, 5.74) is 0.509. The molecule has 0 amide bonds. The Kier molecular flexibility index (Phi) is 4.29. The number of aromatic nitrogens is 1. The second kappa shape index (κ2) is 5.62. The van der Waals surface area contributed by atoms with Gasteiger partial charge in [0.05, 0.1) is 17.3 Å². The van der Waals surface area contributed by atoms with Crippen molar-refractivity contribution in [2.75, 3.05) is 0 Å². The first-order valence-electron chi connectivity index (χ1n) is 5.25. The fourth-order valence-electron chi connectivity index (χ4n) is 1.44. The maximum absolute atomic E-state index is 12.1. The topological polar surface area (TPSA) is 72.2 Å². The van der Waals surface area contributed by atoms with Gasteiger partial charge in [-0.25, -0.2) is 13.1 Å². The molecule has 0 spiro atoms. The number of rotatable bonds is 4. The lowest BCUT2D eigenvalue weighted by Crippen LogP contribution is -2.23. The molecule has 0 bridgehead atoms. The van der Waals surface area contributed by atoms with E-state index in [1.54, 1.807) is 19.1 Å². The van der Waals surface area contributed by atoms with E-state index < -0.39 is 10.0 Å². The summed E-state index contributed by atoms with van der Waals surface area (Å²) < 4.78 is 32.1. The Labute approximate surface area is 124 Å². The van der Waals surface area contributed by atoms with Crippen molar-refractivity contribution in [3.05, 3.63) is 45.2 Å². The Hall–Kier alpha value is -0.890. The molecule has 1 N–H and O–H groups in total. The zero-order valence-electron chi connectivity index (χ0n) is 9.85. The van der Waals surface area contributed by atoms with Crippen molar-refractivity contribution < 1.29 is 12.9 Å². The SMILES string of the molecule is Cc1cc(CNS(=O)(=O)c2ccc(Br)cc2Cl)no1. The number of halogens is 2. The van der Waals surface area contributed by atoms with Gasteiger partial charge in [0, 0.05) is 10.5 Å². The lowest BCUT2D eigenvalue weighted by molar-refractivity contribution is 0.390. The Morgan fingerprint density at radius 3 is 2.74 bits per heavy atom. The van der Waals surface area contributed by atoms with Gasteiger partial charge < -0.3 is 4.52 Å². The second-order valence-electron chi connectivity index (χ2n) is 3.83. The molecular formula is C11H10BrClN2O3S. The molecule has 2 aromatic rings. The van der Waals surface area contributed by atoms with Gasteiger partial charge in [0.2, 0.25) is 10.0 Å².